The third kappa shape index (κ3) is 4.60. The van der Waals surface area contributed by atoms with E-state index in [0.717, 1.165) is 0 Å². The average molecular weight is 322 g/mol. The molecule has 1 aliphatic rings. The van der Waals surface area contributed by atoms with E-state index in [9.17, 15) is 9.59 Å². The standard InChI is InChI=1S/C17H22O6/c1-17(2)22-14(9-13(19)12-7-5-4-6-8-12)16(23-17)15(10-20-3)21-11-18/h4-8,11,14-16H,9-10H2,1-3H3/t14-,15-,16+/m1/s1. The molecule has 23 heavy (non-hydrogen) atoms. The lowest BCUT2D eigenvalue weighted by molar-refractivity contribution is -0.167. The monoisotopic (exact) mass is 322 g/mol. The fourth-order valence-electron chi connectivity index (χ4n) is 2.71. The molecule has 0 radical (unpaired) electrons. The van der Waals surface area contributed by atoms with Crippen molar-refractivity contribution in [2.45, 2.75) is 44.4 Å². The van der Waals surface area contributed by atoms with Gasteiger partial charge < -0.3 is 18.9 Å². The Morgan fingerprint density at radius 2 is 2.00 bits per heavy atom. The van der Waals surface area contributed by atoms with Crippen LogP contribution in [0.25, 0.3) is 0 Å². The van der Waals surface area contributed by atoms with Crippen molar-refractivity contribution in [3.8, 4) is 0 Å². The summed E-state index contributed by atoms with van der Waals surface area (Å²) in [5.41, 5.74) is 0.610. The van der Waals surface area contributed by atoms with Crippen LogP contribution >= 0.6 is 0 Å². The molecule has 3 atom stereocenters. The maximum Gasteiger partial charge on any atom is 0.293 e. The van der Waals surface area contributed by atoms with Crippen molar-refractivity contribution in [3.05, 3.63) is 35.9 Å². The number of carbonyl (C=O) groups is 2. The van der Waals surface area contributed by atoms with Crippen LogP contribution in [0, 0.1) is 0 Å². The largest absolute Gasteiger partial charge is 0.459 e. The van der Waals surface area contributed by atoms with Crippen LogP contribution in [0.2, 0.25) is 0 Å². The number of hydrogen-bond donors (Lipinski definition) is 0. The summed E-state index contributed by atoms with van der Waals surface area (Å²) >= 11 is 0. The minimum absolute atomic E-state index is 0.0517. The first kappa shape index (κ1) is 17.6. The molecule has 6 nitrogen and oxygen atoms in total. The van der Waals surface area contributed by atoms with Gasteiger partial charge in [0.2, 0.25) is 0 Å². The van der Waals surface area contributed by atoms with Gasteiger partial charge in [-0.1, -0.05) is 30.3 Å². The Morgan fingerprint density at radius 3 is 2.61 bits per heavy atom. The number of rotatable bonds is 8. The number of methoxy groups -OCH3 is 1. The first-order chi connectivity index (χ1) is 11.0. The van der Waals surface area contributed by atoms with Crippen LogP contribution in [-0.2, 0) is 23.7 Å². The van der Waals surface area contributed by atoms with Crippen LogP contribution in [-0.4, -0.2) is 50.1 Å². The lowest BCUT2D eigenvalue weighted by Gasteiger charge is -2.24. The van der Waals surface area contributed by atoms with Gasteiger partial charge in [-0.2, -0.15) is 0 Å². The van der Waals surface area contributed by atoms with E-state index in [1.54, 1.807) is 26.0 Å². The first-order valence-electron chi connectivity index (χ1n) is 7.49. The number of Topliss-reactive ketones (excluding diaryl/α,β-unsaturated/α-hetero) is 1. The number of hydrogen-bond acceptors (Lipinski definition) is 6. The molecule has 0 spiro atoms. The van der Waals surface area contributed by atoms with Gasteiger partial charge in [0.25, 0.3) is 6.47 Å². The topological polar surface area (TPSA) is 71.1 Å². The zero-order valence-electron chi connectivity index (χ0n) is 13.6. The second-order valence-electron chi connectivity index (χ2n) is 5.86. The van der Waals surface area contributed by atoms with E-state index in [0.29, 0.717) is 12.0 Å². The molecule has 6 heteroatoms. The van der Waals surface area contributed by atoms with Crippen molar-refractivity contribution >= 4 is 12.3 Å². The molecule has 0 unspecified atom stereocenters. The summed E-state index contributed by atoms with van der Waals surface area (Å²) in [4.78, 5) is 23.1. The lowest BCUT2D eigenvalue weighted by Crippen LogP contribution is -2.41. The normalized spacial score (nSPS) is 24.1. The molecule has 1 fully saturated rings. The van der Waals surface area contributed by atoms with Gasteiger partial charge in [-0.15, -0.1) is 0 Å². The maximum absolute atomic E-state index is 12.4. The van der Waals surface area contributed by atoms with Gasteiger partial charge in [0.15, 0.2) is 17.7 Å². The maximum atomic E-state index is 12.4. The Kier molecular flexibility index (Phi) is 5.87. The van der Waals surface area contributed by atoms with Crippen LogP contribution in [0.5, 0.6) is 0 Å². The third-order valence-corrected chi connectivity index (χ3v) is 3.63. The molecule has 2 rings (SSSR count). The molecule has 1 saturated heterocycles. The average Bonchev–Trinajstić information content (AvgIpc) is 2.82. The molecule has 0 aliphatic carbocycles. The van der Waals surface area contributed by atoms with Crippen molar-refractivity contribution in [1.29, 1.82) is 0 Å². The Hall–Kier alpha value is -1.76. The van der Waals surface area contributed by atoms with E-state index < -0.39 is 24.1 Å². The molecule has 1 aromatic rings. The summed E-state index contributed by atoms with van der Waals surface area (Å²) in [5.74, 6) is -0.908. The number of ketones is 1. The molecular formula is C17H22O6. The van der Waals surface area contributed by atoms with Gasteiger partial charge in [0.05, 0.1) is 12.7 Å². The SMILES string of the molecule is COC[C@@H](OC=O)[C@H]1OC(C)(C)O[C@@H]1CC(=O)c1ccccc1. The zero-order valence-corrected chi connectivity index (χ0v) is 13.6. The number of ether oxygens (including phenoxy) is 4. The van der Waals surface area contributed by atoms with Crippen LogP contribution in [0.1, 0.15) is 30.6 Å². The Bertz CT molecular complexity index is 527. The smallest absolute Gasteiger partial charge is 0.293 e. The van der Waals surface area contributed by atoms with Crippen molar-refractivity contribution in [2.75, 3.05) is 13.7 Å². The number of carbonyl (C=O) groups excluding carboxylic acids is 2. The van der Waals surface area contributed by atoms with Crippen LogP contribution in [0.4, 0.5) is 0 Å². The van der Waals surface area contributed by atoms with E-state index >= 15 is 0 Å². The Morgan fingerprint density at radius 1 is 1.30 bits per heavy atom. The summed E-state index contributed by atoms with van der Waals surface area (Å²) < 4.78 is 21.8. The van der Waals surface area contributed by atoms with Crippen LogP contribution < -0.4 is 0 Å². The van der Waals surface area contributed by atoms with Crippen molar-refractivity contribution in [2.24, 2.45) is 0 Å². The second-order valence-corrected chi connectivity index (χ2v) is 5.86. The molecular weight excluding hydrogens is 300 g/mol. The van der Waals surface area contributed by atoms with E-state index in [1.165, 1.54) is 7.11 Å². The molecule has 1 aliphatic heterocycles. The van der Waals surface area contributed by atoms with Crippen molar-refractivity contribution in [3.63, 3.8) is 0 Å². The van der Waals surface area contributed by atoms with Crippen LogP contribution in [0.3, 0.4) is 0 Å². The highest BCUT2D eigenvalue weighted by Gasteiger charge is 2.46. The van der Waals surface area contributed by atoms with Gasteiger partial charge in [-0.3, -0.25) is 9.59 Å². The first-order valence-corrected chi connectivity index (χ1v) is 7.49. The van der Waals surface area contributed by atoms with Gasteiger partial charge >= 0.3 is 0 Å². The number of benzene rings is 1. The molecule has 126 valence electrons. The van der Waals surface area contributed by atoms with Crippen molar-refractivity contribution < 1.29 is 28.5 Å². The second kappa shape index (κ2) is 7.68. The van der Waals surface area contributed by atoms with Crippen molar-refractivity contribution in [1.82, 2.24) is 0 Å². The fourth-order valence-corrected chi connectivity index (χ4v) is 2.71. The summed E-state index contributed by atoms with van der Waals surface area (Å²) in [5, 5.41) is 0. The van der Waals surface area contributed by atoms with E-state index in [-0.39, 0.29) is 18.8 Å². The molecule has 1 aromatic carbocycles. The summed E-state index contributed by atoms with van der Waals surface area (Å²) in [6.45, 7) is 4.04. The Labute approximate surface area is 135 Å². The van der Waals surface area contributed by atoms with Crippen LogP contribution in [0.15, 0.2) is 30.3 Å². The van der Waals surface area contributed by atoms with Gasteiger partial charge in [0.1, 0.15) is 6.10 Å². The minimum atomic E-state index is -0.857. The molecule has 0 bridgehead atoms. The summed E-state index contributed by atoms with van der Waals surface area (Å²) in [6.07, 6.45) is -1.57. The van der Waals surface area contributed by atoms with E-state index in [2.05, 4.69) is 0 Å². The summed E-state index contributed by atoms with van der Waals surface area (Å²) in [6, 6.07) is 8.98. The molecule has 1 heterocycles. The third-order valence-electron chi connectivity index (χ3n) is 3.63. The predicted molar refractivity (Wildman–Crippen MR) is 82.0 cm³/mol. The molecule has 0 saturated carbocycles. The van der Waals surface area contributed by atoms with Gasteiger partial charge in [0, 0.05) is 19.1 Å². The highest BCUT2D eigenvalue weighted by molar-refractivity contribution is 5.96. The highest BCUT2D eigenvalue weighted by Crippen LogP contribution is 2.33. The quantitative estimate of drug-likeness (QED) is 0.538. The summed E-state index contributed by atoms with van der Waals surface area (Å²) in [7, 11) is 1.51. The van der Waals surface area contributed by atoms with E-state index in [1.807, 2.05) is 18.2 Å². The molecule has 0 N–H and O–H groups in total. The highest BCUT2D eigenvalue weighted by atomic mass is 16.8. The fraction of sp³-hybridized carbons (Fsp3) is 0.529. The predicted octanol–water partition coefficient (Wildman–Crippen LogP) is 1.97. The molecule has 0 aromatic heterocycles. The van der Waals surface area contributed by atoms with Gasteiger partial charge in [-0.25, -0.2) is 0 Å². The molecule has 0 amide bonds. The lowest BCUT2D eigenvalue weighted by atomic mass is 9.99. The van der Waals surface area contributed by atoms with Gasteiger partial charge in [-0.05, 0) is 13.8 Å². The minimum Gasteiger partial charge on any atom is -0.459 e. The van der Waals surface area contributed by atoms with E-state index in [4.69, 9.17) is 18.9 Å². The zero-order chi connectivity index (χ0) is 16.9. The Balaban J connectivity index is 2.13.